The van der Waals surface area contributed by atoms with Crippen molar-refractivity contribution in [2.75, 3.05) is 13.1 Å². The molecule has 0 aliphatic heterocycles. The quantitative estimate of drug-likeness (QED) is 0.667. The summed E-state index contributed by atoms with van der Waals surface area (Å²) in [6.07, 6.45) is 3.33. The summed E-state index contributed by atoms with van der Waals surface area (Å²) < 4.78 is 0. The number of rotatable bonds is 3. The molecule has 0 spiro atoms. The Bertz CT molecular complexity index is 203. The molecule has 2 unspecified atom stereocenters. The van der Waals surface area contributed by atoms with Crippen LogP contribution in [0.1, 0.15) is 40.0 Å². The van der Waals surface area contributed by atoms with Crippen LogP contribution in [0.5, 0.6) is 0 Å². The molecule has 0 radical (unpaired) electrons. The SMILES string of the molecule is CCN(CC)C1(C#N)CCC(C)C1. The van der Waals surface area contributed by atoms with Crippen molar-refractivity contribution in [1.29, 1.82) is 5.26 Å². The third-order valence-corrected chi connectivity index (χ3v) is 3.31. The van der Waals surface area contributed by atoms with E-state index >= 15 is 0 Å². The maximum atomic E-state index is 9.28. The summed E-state index contributed by atoms with van der Waals surface area (Å²) in [6, 6.07) is 2.54. The van der Waals surface area contributed by atoms with E-state index in [0.29, 0.717) is 0 Å². The van der Waals surface area contributed by atoms with Crippen molar-refractivity contribution in [3.8, 4) is 6.07 Å². The molecule has 1 aliphatic carbocycles. The predicted molar refractivity (Wildman–Crippen MR) is 54.3 cm³/mol. The molecule has 0 aromatic rings. The van der Waals surface area contributed by atoms with Crippen molar-refractivity contribution >= 4 is 0 Å². The summed E-state index contributed by atoms with van der Waals surface area (Å²) in [7, 11) is 0. The summed E-state index contributed by atoms with van der Waals surface area (Å²) >= 11 is 0. The lowest BCUT2D eigenvalue weighted by atomic mass is 9.95. The average molecular weight is 180 g/mol. The first-order chi connectivity index (χ1) is 6.18. The summed E-state index contributed by atoms with van der Waals surface area (Å²) in [6.45, 7) is 8.54. The molecule has 2 atom stereocenters. The van der Waals surface area contributed by atoms with Crippen molar-refractivity contribution < 1.29 is 0 Å². The van der Waals surface area contributed by atoms with Crippen LogP contribution < -0.4 is 0 Å². The first-order valence-corrected chi connectivity index (χ1v) is 5.34. The minimum absolute atomic E-state index is 0.136. The lowest BCUT2D eigenvalue weighted by Crippen LogP contribution is -2.45. The molecule has 1 fully saturated rings. The van der Waals surface area contributed by atoms with Gasteiger partial charge in [-0.05, 0) is 38.3 Å². The topological polar surface area (TPSA) is 27.0 Å². The molecule has 2 heteroatoms. The van der Waals surface area contributed by atoms with Crippen molar-refractivity contribution in [1.82, 2.24) is 4.90 Å². The highest BCUT2D eigenvalue weighted by molar-refractivity contribution is 5.12. The van der Waals surface area contributed by atoms with Crippen LogP contribution in [0.25, 0.3) is 0 Å². The van der Waals surface area contributed by atoms with E-state index in [-0.39, 0.29) is 5.54 Å². The van der Waals surface area contributed by atoms with Crippen LogP contribution >= 0.6 is 0 Å². The van der Waals surface area contributed by atoms with Crippen molar-refractivity contribution in [3.63, 3.8) is 0 Å². The van der Waals surface area contributed by atoms with Gasteiger partial charge in [0.2, 0.25) is 0 Å². The fourth-order valence-corrected chi connectivity index (χ4v) is 2.55. The smallest absolute Gasteiger partial charge is 0.109 e. The molecular formula is C11H20N2. The van der Waals surface area contributed by atoms with Gasteiger partial charge in [0, 0.05) is 0 Å². The van der Waals surface area contributed by atoms with Crippen LogP contribution in [0.3, 0.4) is 0 Å². The van der Waals surface area contributed by atoms with Gasteiger partial charge in [0.15, 0.2) is 0 Å². The van der Waals surface area contributed by atoms with Gasteiger partial charge in [0.05, 0.1) is 6.07 Å². The van der Waals surface area contributed by atoms with Crippen molar-refractivity contribution in [2.45, 2.75) is 45.6 Å². The van der Waals surface area contributed by atoms with Gasteiger partial charge in [-0.15, -0.1) is 0 Å². The van der Waals surface area contributed by atoms with Crippen LogP contribution in [0.15, 0.2) is 0 Å². The summed E-state index contributed by atoms with van der Waals surface area (Å²) in [4.78, 5) is 2.32. The Balaban J connectivity index is 2.76. The van der Waals surface area contributed by atoms with Crippen LogP contribution in [-0.4, -0.2) is 23.5 Å². The second-order valence-electron chi connectivity index (χ2n) is 4.16. The van der Waals surface area contributed by atoms with Gasteiger partial charge in [0.25, 0.3) is 0 Å². The molecule has 2 nitrogen and oxygen atoms in total. The molecular weight excluding hydrogens is 160 g/mol. The summed E-state index contributed by atoms with van der Waals surface area (Å²) in [5.74, 6) is 0.722. The molecule has 0 N–H and O–H groups in total. The van der Waals surface area contributed by atoms with Crippen LogP contribution in [0.2, 0.25) is 0 Å². The summed E-state index contributed by atoms with van der Waals surface area (Å²) in [5, 5.41) is 9.28. The van der Waals surface area contributed by atoms with Gasteiger partial charge in [-0.1, -0.05) is 20.8 Å². The van der Waals surface area contributed by atoms with Gasteiger partial charge in [-0.25, -0.2) is 0 Å². The normalized spacial score (nSPS) is 33.6. The van der Waals surface area contributed by atoms with E-state index < -0.39 is 0 Å². The van der Waals surface area contributed by atoms with Crippen LogP contribution in [0, 0.1) is 17.2 Å². The molecule has 0 aromatic heterocycles. The molecule has 0 bridgehead atoms. The molecule has 13 heavy (non-hydrogen) atoms. The first-order valence-electron chi connectivity index (χ1n) is 5.34. The second kappa shape index (κ2) is 4.11. The Labute approximate surface area is 81.5 Å². The molecule has 0 aromatic carbocycles. The van der Waals surface area contributed by atoms with E-state index in [0.717, 1.165) is 31.8 Å². The van der Waals surface area contributed by atoms with E-state index in [4.69, 9.17) is 0 Å². The van der Waals surface area contributed by atoms with Gasteiger partial charge in [0.1, 0.15) is 5.54 Å². The Hall–Kier alpha value is -0.550. The highest BCUT2D eigenvalue weighted by Crippen LogP contribution is 2.38. The Kier molecular flexibility index (Phi) is 3.33. The highest BCUT2D eigenvalue weighted by atomic mass is 15.2. The Morgan fingerprint density at radius 3 is 2.38 bits per heavy atom. The maximum Gasteiger partial charge on any atom is 0.109 e. The lowest BCUT2D eigenvalue weighted by Gasteiger charge is -2.34. The molecule has 74 valence electrons. The van der Waals surface area contributed by atoms with Gasteiger partial charge in [-0.3, -0.25) is 4.90 Å². The zero-order chi connectivity index (χ0) is 9.90. The van der Waals surface area contributed by atoms with Gasteiger partial charge < -0.3 is 0 Å². The standard InChI is InChI=1S/C11H20N2/c1-4-13(5-2)11(9-12)7-6-10(3)8-11/h10H,4-8H2,1-3H3. The number of hydrogen-bond acceptors (Lipinski definition) is 2. The third-order valence-electron chi connectivity index (χ3n) is 3.31. The van der Waals surface area contributed by atoms with Crippen molar-refractivity contribution in [3.05, 3.63) is 0 Å². The van der Waals surface area contributed by atoms with E-state index in [9.17, 15) is 5.26 Å². The van der Waals surface area contributed by atoms with Crippen molar-refractivity contribution in [2.24, 2.45) is 5.92 Å². The van der Waals surface area contributed by atoms with E-state index in [1.54, 1.807) is 0 Å². The number of nitrogens with zero attached hydrogens (tertiary/aromatic N) is 2. The molecule has 1 aliphatic rings. The van der Waals surface area contributed by atoms with E-state index in [2.05, 4.69) is 31.7 Å². The fraction of sp³-hybridized carbons (Fsp3) is 0.909. The number of nitriles is 1. The third kappa shape index (κ3) is 1.86. The number of hydrogen-bond donors (Lipinski definition) is 0. The minimum atomic E-state index is -0.136. The average Bonchev–Trinajstić information content (AvgIpc) is 2.51. The zero-order valence-corrected chi connectivity index (χ0v) is 9.01. The lowest BCUT2D eigenvalue weighted by molar-refractivity contribution is 0.154. The predicted octanol–water partition coefficient (Wildman–Crippen LogP) is 2.41. The largest absolute Gasteiger partial charge is 0.286 e. The molecule has 1 saturated carbocycles. The molecule has 1 rings (SSSR count). The van der Waals surface area contributed by atoms with Gasteiger partial charge in [-0.2, -0.15) is 5.26 Å². The Morgan fingerprint density at radius 1 is 1.46 bits per heavy atom. The van der Waals surface area contributed by atoms with E-state index in [1.807, 2.05) is 0 Å². The minimum Gasteiger partial charge on any atom is -0.286 e. The fourth-order valence-electron chi connectivity index (χ4n) is 2.55. The Morgan fingerprint density at radius 2 is 2.08 bits per heavy atom. The molecule has 0 saturated heterocycles. The summed E-state index contributed by atoms with van der Waals surface area (Å²) in [5.41, 5.74) is -0.136. The van der Waals surface area contributed by atoms with Gasteiger partial charge >= 0.3 is 0 Å². The van der Waals surface area contributed by atoms with E-state index in [1.165, 1.54) is 6.42 Å². The second-order valence-corrected chi connectivity index (χ2v) is 4.16. The molecule has 0 heterocycles. The molecule has 0 amide bonds. The maximum absolute atomic E-state index is 9.28. The highest BCUT2D eigenvalue weighted by Gasteiger charge is 2.41. The van der Waals surface area contributed by atoms with Crippen LogP contribution in [-0.2, 0) is 0 Å². The first kappa shape index (κ1) is 10.5. The zero-order valence-electron chi connectivity index (χ0n) is 9.01. The monoisotopic (exact) mass is 180 g/mol. The van der Waals surface area contributed by atoms with Crippen LogP contribution in [0.4, 0.5) is 0 Å².